The molecule has 0 spiro atoms. The molecule has 4 heteroatoms. The number of hydrogen-bond donors (Lipinski definition) is 0. The summed E-state index contributed by atoms with van der Waals surface area (Å²) in [7, 11) is 0. The minimum absolute atomic E-state index is 1.11. The SMILES string of the molecule is C[CH2][Sn]([CH2]C)([CH2]C)[c]1ncco1.[Li][CH2]CCC. The van der Waals surface area contributed by atoms with Gasteiger partial charge in [-0.3, -0.25) is 0 Å². The molecule has 0 unspecified atom stereocenters. The summed E-state index contributed by atoms with van der Waals surface area (Å²) in [5.74, 6) is 0. The zero-order valence-corrected chi connectivity index (χ0v) is 15.1. The fourth-order valence-corrected chi connectivity index (χ4v) is 10.8. The van der Waals surface area contributed by atoms with Gasteiger partial charge in [0.25, 0.3) is 0 Å². The van der Waals surface area contributed by atoms with Crippen LogP contribution >= 0.6 is 0 Å². The van der Waals surface area contributed by atoms with Crippen molar-refractivity contribution in [2.75, 3.05) is 0 Å². The van der Waals surface area contributed by atoms with Crippen molar-refractivity contribution < 1.29 is 4.42 Å². The molecule has 0 amide bonds. The van der Waals surface area contributed by atoms with Crippen LogP contribution in [-0.2, 0) is 0 Å². The van der Waals surface area contributed by atoms with E-state index in [0.29, 0.717) is 0 Å². The number of hydrogen-bond acceptors (Lipinski definition) is 2. The number of aromatic nitrogens is 1. The molecule has 0 N–H and O–H groups in total. The molecular weight excluding hydrogens is 312 g/mol. The molecule has 0 radical (unpaired) electrons. The molecule has 17 heavy (non-hydrogen) atoms. The molecule has 1 rings (SSSR count). The molecule has 0 aliphatic heterocycles. The second-order valence-electron chi connectivity index (χ2n) is 4.53. The van der Waals surface area contributed by atoms with Crippen LogP contribution in [0.3, 0.4) is 0 Å². The van der Waals surface area contributed by atoms with Crippen LogP contribution in [0.4, 0.5) is 0 Å². The Morgan fingerprint density at radius 3 is 2.00 bits per heavy atom. The second kappa shape index (κ2) is 10.5. The molecule has 0 aliphatic rings. The van der Waals surface area contributed by atoms with Crippen LogP contribution in [0.1, 0.15) is 40.5 Å². The van der Waals surface area contributed by atoms with Crippen LogP contribution in [-0.4, -0.2) is 41.1 Å². The first kappa shape index (κ1) is 17.6. The van der Waals surface area contributed by atoms with E-state index in [1.165, 1.54) is 31.2 Å². The third-order valence-corrected chi connectivity index (χ3v) is 18.5. The summed E-state index contributed by atoms with van der Waals surface area (Å²) >= 11 is 0.130. The van der Waals surface area contributed by atoms with Gasteiger partial charge in [0.2, 0.25) is 0 Å². The fraction of sp³-hybridized carbons (Fsp3) is 0.769. The van der Waals surface area contributed by atoms with Crippen LogP contribution in [0, 0.1) is 0 Å². The van der Waals surface area contributed by atoms with E-state index in [2.05, 4.69) is 50.4 Å². The molecule has 94 valence electrons. The van der Waals surface area contributed by atoms with Gasteiger partial charge in [0.1, 0.15) is 0 Å². The van der Waals surface area contributed by atoms with Gasteiger partial charge in [0, 0.05) is 0 Å². The molecule has 0 aromatic carbocycles. The van der Waals surface area contributed by atoms with Gasteiger partial charge in [-0.25, -0.2) is 0 Å². The Hall–Kier alpha value is 0.606. The quantitative estimate of drug-likeness (QED) is 0.739. The first-order valence-corrected chi connectivity index (χ1v) is 14.6. The average molecular weight is 338 g/mol. The molecule has 1 aromatic heterocycles. The summed E-state index contributed by atoms with van der Waals surface area (Å²) in [5.41, 5.74) is 0. The van der Waals surface area contributed by atoms with E-state index in [4.69, 9.17) is 4.42 Å². The van der Waals surface area contributed by atoms with Crippen LogP contribution in [0.2, 0.25) is 18.4 Å². The summed E-state index contributed by atoms with van der Waals surface area (Å²) in [6, 6.07) is 0. The van der Waals surface area contributed by atoms with Crippen molar-refractivity contribution in [2.24, 2.45) is 0 Å². The Kier molecular flexibility index (Phi) is 10.9. The third-order valence-electron chi connectivity index (χ3n) is 3.62. The summed E-state index contributed by atoms with van der Waals surface area (Å²) in [6.45, 7) is 9.07. The third kappa shape index (κ3) is 5.85. The van der Waals surface area contributed by atoms with Gasteiger partial charge in [-0.05, 0) is 0 Å². The Morgan fingerprint density at radius 2 is 1.76 bits per heavy atom. The van der Waals surface area contributed by atoms with Crippen LogP contribution < -0.4 is 3.91 Å². The van der Waals surface area contributed by atoms with E-state index in [-0.39, 0.29) is 0 Å². The standard InChI is InChI=1S/C4H9.C3H2NO.3C2H5.Li.Sn/c1-3-4-2;1-2-5-3-4-1;3*1-2;;/h1,3-4H2,2H3;1-2H;3*1H2,2H3;;. The topological polar surface area (TPSA) is 26.0 Å². The van der Waals surface area contributed by atoms with E-state index < -0.39 is 18.4 Å². The predicted octanol–water partition coefficient (Wildman–Crippen LogP) is 3.76. The zero-order valence-electron chi connectivity index (χ0n) is 12.3. The van der Waals surface area contributed by atoms with Crippen molar-refractivity contribution in [3.8, 4) is 0 Å². The predicted molar refractivity (Wildman–Crippen MR) is 78.8 cm³/mol. The number of unbranched alkanes of at least 4 members (excludes halogenated alkanes) is 1. The van der Waals surface area contributed by atoms with Gasteiger partial charge in [-0.2, -0.15) is 0 Å². The summed E-state index contributed by atoms with van der Waals surface area (Å²) in [5, 5.41) is 1.34. The van der Waals surface area contributed by atoms with Crippen LogP contribution in [0.5, 0.6) is 0 Å². The number of oxazole rings is 1. The van der Waals surface area contributed by atoms with E-state index in [1.807, 2.05) is 0 Å². The summed E-state index contributed by atoms with van der Waals surface area (Å²) < 4.78 is 10.5. The molecule has 1 aromatic rings. The average Bonchev–Trinajstić information content (AvgIpc) is 2.88. The maximum atomic E-state index is 5.45. The van der Waals surface area contributed by atoms with Gasteiger partial charge in [0.05, 0.1) is 0 Å². The van der Waals surface area contributed by atoms with E-state index >= 15 is 0 Å². The van der Waals surface area contributed by atoms with Gasteiger partial charge < -0.3 is 0 Å². The second-order valence-corrected chi connectivity index (χ2v) is 19.1. The Labute approximate surface area is 120 Å². The summed E-state index contributed by atoms with van der Waals surface area (Å²) in [6.07, 6.45) is 6.22. The Morgan fingerprint density at radius 1 is 1.18 bits per heavy atom. The normalized spacial score (nSPS) is 10.9. The van der Waals surface area contributed by atoms with Crippen molar-refractivity contribution in [1.82, 2.24) is 4.98 Å². The molecule has 0 saturated heterocycles. The number of rotatable bonds is 6. The van der Waals surface area contributed by atoms with Crippen molar-refractivity contribution in [2.45, 2.75) is 58.9 Å². The van der Waals surface area contributed by atoms with Crippen molar-refractivity contribution >= 4 is 40.0 Å². The molecule has 0 saturated carbocycles. The van der Waals surface area contributed by atoms with Crippen LogP contribution in [0.25, 0.3) is 0 Å². The molecular formula is C13H26LiNOSn. The van der Waals surface area contributed by atoms with E-state index in [1.54, 1.807) is 12.5 Å². The van der Waals surface area contributed by atoms with Crippen molar-refractivity contribution in [3.63, 3.8) is 0 Å². The number of nitrogens with zero attached hydrogens (tertiary/aromatic N) is 1. The molecule has 2 nitrogen and oxygen atoms in total. The van der Waals surface area contributed by atoms with Gasteiger partial charge in [-0.1, -0.05) is 0 Å². The molecule has 0 fully saturated rings. The first-order valence-electron chi connectivity index (χ1n) is 7.10. The van der Waals surface area contributed by atoms with E-state index in [0.717, 1.165) is 3.91 Å². The minimum atomic E-state index is -2.08. The van der Waals surface area contributed by atoms with Crippen molar-refractivity contribution in [1.29, 1.82) is 0 Å². The first-order chi connectivity index (χ1) is 8.20. The fourth-order valence-electron chi connectivity index (χ4n) is 2.04. The molecule has 0 bridgehead atoms. The Bertz CT molecular complexity index is 250. The maximum absolute atomic E-state index is 5.45. The Balaban J connectivity index is 0.000000437. The van der Waals surface area contributed by atoms with Crippen molar-refractivity contribution in [3.05, 3.63) is 12.5 Å². The van der Waals surface area contributed by atoms with Crippen LogP contribution in [0.15, 0.2) is 16.9 Å². The van der Waals surface area contributed by atoms with Gasteiger partial charge >= 0.3 is 121 Å². The van der Waals surface area contributed by atoms with Gasteiger partial charge in [-0.15, -0.1) is 0 Å². The molecule has 0 atom stereocenters. The molecule has 1 heterocycles. The zero-order chi connectivity index (χ0) is 13.1. The van der Waals surface area contributed by atoms with Gasteiger partial charge in [0.15, 0.2) is 0 Å². The van der Waals surface area contributed by atoms with E-state index in [9.17, 15) is 0 Å². The summed E-state index contributed by atoms with van der Waals surface area (Å²) in [4.78, 5) is 4.33. The monoisotopic (exact) mass is 339 g/mol. The molecule has 0 aliphatic carbocycles.